The highest BCUT2D eigenvalue weighted by Gasteiger charge is 2.17. The Morgan fingerprint density at radius 2 is 2.29 bits per heavy atom. The molecule has 1 fully saturated rings. The van der Waals surface area contributed by atoms with Gasteiger partial charge in [-0.25, -0.2) is 0 Å². The Bertz CT molecular complexity index is 436. The molecular formula is C14H18N2O. The number of aryl methyl sites for hydroxylation is 1. The molecule has 1 unspecified atom stereocenters. The van der Waals surface area contributed by atoms with Crippen LogP contribution in [0, 0.1) is 18.3 Å². The molecule has 1 aromatic carbocycles. The number of benzene rings is 1. The number of hydrogen-bond acceptors (Lipinski definition) is 3. The third-order valence-electron chi connectivity index (χ3n) is 3.07. The maximum Gasteiger partial charge on any atom is 0.101 e. The molecule has 17 heavy (non-hydrogen) atoms. The first-order valence-electron chi connectivity index (χ1n) is 6.08. The largest absolute Gasteiger partial charge is 0.377 e. The number of hydrogen-bond donors (Lipinski definition) is 0. The summed E-state index contributed by atoms with van der Waals surface area (Å²) in [6, 6.07) is 8.35. The SMILES string of the molecule is Cc1ccc(N2CCCOC(C)C2)c(C#N)c1. The molecule has 0 spiro atoms. The lowest BCUT2D eigenvalue weighted by Gasteiger charge is -2.25. The van der Waals surface area contributed by atoms with Gasteiger partial charge in [-0.3, -0.25) is 0 Å². The van der Waals surface area contributed by atoms with E-state index in [0.717, 1.165) is 42.9 Å². The van der Waals surface area contributed by atoms with Gasteiger partial charge in [0.15, 0.2) is 0 Å². The Balaban J connectivity index is 2.29. The van der Waals surface area contributed by atoms with Crippen molar-refractivity contribution in [2.45, 2.75) is 26.4 Å². The minimum absolute atomic E-state index is 0.227. The van der Waals surface area contributed by atoms with Crippen molar-refractivity contribution < 1.29 is 4.74 Å². The highest BCUT2D eigenvalue weighted by atomic mass is 16.5. The molecule has 0 bridgehead atoms. The van der Waals surface area contributed by atoms with Gasteiger partial charge < -0.3 is 9.64 Å². The lowest BCUT2D eigenvalue weighted by molar-refractivity contribution is 0.0821. The normalized spacial score (nSPS) is 20.8. The Labute approximate surface area is 103 Å². The summed E-state index contributed by atoms with van der Waals surface area (Å²) in [4.78, 5) is 2.26. The topological polar surface area (TPSA) is 36.3 Å². The van der Waals surface area contributed by atoms with Crippen molar-refractivity contribution in [1.82, 2.24) is 0 Å². The number of rotatable bonds is 1. The van der Waals surface area contributed by atoms with Crippen molar-refractivity contribution >= 4 is 5.69 Å². The average molecular weight is 230 g/mol. The van der Waals surface area contributed by atoms with E-state index in [-0.39, 0.29) is 6.10 Å². The highest BCUT2D eigenvalue weighted by molar-refractivity contribution is 5.60. The van der Waals surface area contributed by atoms with Crippen molar-refractivity contribution in [3.63, 3.8) is 0 Å². The zero-order valence-corrected chi connectivity index (χ0v) is 10.4. The lowest BCUT2D eigenvalue weighted by atomic mass is 10.1. The number of nitriles is 1. The maximum absolute atomic E-state index is 9.20. The summed E-state index contributed by atoms with van der Waals surface area (Å²) >= 11 is 0. The van der Waals surface area contributed by atoms with Gasteiger partial charge in [0, 0.05) is 19.7 Å². The standard InChI is InChI=1S/C14H18N2O/c1-11-4-5-14(13(8-11)9-15)16-6-3-7-17-12(2)10-16/h4-5,8,12H,3,6-7,10H2,1-2H3. The molecule has 1 aliphatic rings. The first-order valence-corrected chi connectivity index (χ1v) is 6.08. The molecule has 0 aliphatic carbocycles. The molecule has 0 saturated carbocycles. The van der Waals surface area contributed by atoms with E-state index < -0.39 is 0 Å². The van der Waals surface area contributed by atoms with Crippen LogP contribution in [0.15, 0.2) is 18.2 Å². The fourth-order valence-corrected chi connectivity index (χ4v) is 2.23. The van der Waals surface area contributed by atoms with Crippen molar-refractivity contribution in [2.24, 2.45) is 0 Å². The van der Waals surface area contributed by atoms with Crippen LogP contribution < -0.4 is 4.90 Å². The molecule has 1 aromatic rings. The van der Waals surface area contributed by atoms with E-state index in [2.05, 4.69) is 24.0 Å². The van der Waals surface area contributed by atoms with Crippen LogP contribution in [0.25, 0.3) is 0 Å². The molecule has 1 aliphatic heterocycles. The van der Waals surface area contributed by atoms with Gasteiger partial charge in [-0.2, -0.15) is 5.26 Å². The van der Waals surface area contributed by atoms with Crippen molar-refractivity contribution in [3.05, 3.63) is 29.3 Å². The summed E-state index contributed by atoms with van der Waals surface area (Å²) in [6.07, 6.45) is 1.24. The Kier molecular flexibility index (Phi) is 3.65. The van der Waals surface area contributed by atoms with E-state index in [1.807, 2.05) is 19.1 Å². The fraction of sp³-hybridized carbons (Fsp3) is 0.500. The summed E-state index contributed by atoms with van der Waals surface area (Å²) in [5.41, 5.74) is 2.93. The smallest absolute Gasteiger partial charge is 0.101 e. The van der Waals surface area contributed by atoms with Gasteiger partial charge in [0.1, 0.15) is 6.07 Å². The van der Waals surface area contributed by atoms with Crippen molar-refractivity contribution in [1.29, 1.82) is 5.26 Å². The Hall–Kier alpha value is -1.53. The second-order valence-electron chi connectivity index (χ2n) is 4.61. The predicted octanol–water partition coefficient (Wildman–Crippen LogP) is 2.48. The zero-order chi connectivity index (χ0) is 12.3. The van der Waals surface area contributed by atoms with Crippen LogP contribution in [0.3, 0.4) is 0 Å². The molecule has 2 rings (SSSR count). The highest BCUT2D eigenvalue weighted by Crippen LogP contribution is 2.23. The van der Waals surface area contributed by atoms with Crippen LogP contribution >= 0.6 is 0 Å². The Morgan fingerprint density at radius 3 is 3.06 bits per heavy atom. The first-order chi connectivity index (χ1) is 8.20. The van der Waals surface area contributed by atoms with Crippen LogP contribution in [0.2, 0.25) is 0 Å². The predicted molar refractivity (Wildman–Crippen MR) is 68.1 cm³/mol. The first kappa shape index (κ1) is 11.9. The molecule has 0 N–H and O–H groups in total. The summed E-state index contributed by atoms with van der Waals surface area (Å²) in [7, 11) is 0. The molecular weight excluding hydrogens is 212 g/mol. The molecule has 1 heterocycles. The number of ether oxygens (including phenoxy) is 1. The van der Waals surface area contributed by atoms with E-state index in [1.165, 1.54) is 0 Å². The minimum atomic E-state index is 0.227. The summed E-state index contributed by atoms with van der Waals surface area (Å²) in [5, 5.41) is 9.20. The van der Waals surface area contributed by atoms with Gasteiger partial charge in [0.25, 0.3) is 0 Å². The molecule has 0 aromatic heterocycles. The third kappa shape index (κ3) is 2.78. The second-order valence-corrected chi connectivity index (χ2v) is 4.61. The van der Waals surface area contributed by atoms with Crippen LogP contribution in [0.1, 0.15) is 24.5 Å². The number of anilines is 1. The molecule has 3 nitrogen and oxygen atoms in total. The molecule has 1 atom stereocenters. The molecule has 0 amide bonds. The fourth-order valence-electron chi connectivity index (χ4n) is 2.23. The van der Waals surface area contributed by atoms with Gasteiger partial charge >= 0.3 is 0 Å². The van der Waals surface area contributed by atoms with Crippen LogP contribution in [0.5, 0.6) is 0 Å². The zero-order valence-electron chi connectivity index (χ0n) is 10.4. The van der Waals surface area contributed by atoms with E-state index >= 15 is 0 Å². The van der Waals surface area contributed by atoms with Crippen molar-refractivity contribution in [3.8, 4) is 6.07 Å². The summed E-state index contributed by atoms with van der Waals surface area (Å²) < 4.78 is 5.63. The van der Waals surface area contributed by atoms with Crippen LogP contribution in [0.4, 0.5) is 5.69 Å². The third-order valence-corrected chi connectivity index (χ3v) is 3.07. The quantitative estimate of drug-likeness (QED) is 0.743. The van der Waals surface area contributed by atoms with E-state index in [4.69, 9.17) is 4.74 Å². The van der Waals surface area contributed by atoms with Gasteiger partial charge in [0.2, 0.25) is 0 Å². The molecule has 90 valence electrons. The van der Waals surface area contributed by atoms with Gasteiger partial charge in [-0.1, -0.05) is 6.07 Å². The average Bonchev–Trinajstić information content (AvgIpc) is 2.53. The molecule has 3 heteroatoms. The maximum atomic E-state index is 9.20. The van der Waals surface area contributed by atoms with Gasteiger partial charge in [-0.05, 0) is 38.0 Å². The summed E-state index contributed by atoms with van der Waals surface area (Å²) in [5.74, 6) is 0. The van der Waals surface area contributed by atoms with E-state index in [0.29, 0.717) is 0 Å². The monoisotopic (exact) mass is 230 g/mol. The molecule has 1 saturated heterocycles. The van der Waals surface area contributed by atoms with Gasteiger partial charge in [0.05, 0.1) is 17.4 Å². The number of nitrogens with zero attached hydrogens (tertiary/aromatic N) is 2. The van der Waals surface area contributed by atoms with Crippen LogP contribution in [-0.2, 0) is 4.74 Å². The van der Waals surface area contributed by atoms with Crippen molar-refractivity contribution in [2.75, 3.05) is 24.6 Å². The lowest BCUT2D eigenvalue weighted by Crippen LogP contribution is -2.30. The molecule has 0 radical (unpaired) electrons. The Morgan fingerprint density at radius 1 is 1.47 bits per heavy atom. The van der Waals surface area contributed by atoms with Gasteiger partial charge in [-0.15, -0.1) is 0 Å². The van der Waals surface area contributed by atoms with E-state index in [9.17, 15) is 5.26 Å². The van der Waals surface area contributed by atoms with E-state index in [1.54, 1.807) is 0 Å². The van der Waals surface area contributed by atoms with Crippen LogP contribution in [-0.4, -0.2) is 25.8 Å². The second kappa shape index (κ2) is 5.20. The minimum Gasteiger partial charge on any atom is -0.377 e. The summed E-state index contributed by atoms with van der Waals surface area (Å²) in [6.45, 7) is 6.72.